The molecule has 1 saturated heterocycles. The first kappa shape index (κ1) is 21.7. The van der Waals surface area contributed by atoms with Gasteiger partial charge in [-0.3, -0.25) is 9.59 Å². The Kier molecular flexibility index (Phi) is 6.15. The molecule has 1 fully saturated rings. The molecule has 0 spiro atoms. The van der Waals surface area contributed by atoms with Crippen LogP contribution in [0.3, 0.4) is 0 Å². The lowest BCUT2D eigenvalue weighted by Crippen LogP contribution is -2.38. The Hall–Kier alpha value is -3.16. The predicted octanol–water partition coefficient (Wildman–Crippen LogP) is 5.49. The molecule has 0 radical (unpaired) electrons. The number of amides is 2. The lowest BCUT2D eigenvalue weighted by atomic mass is 9.96. The molecule has 2 aromatic heterocycles. The molecule has 0 unspecified atom stereocenters. The van der Waals surface area contributed by atoms with Crippen molar-refractivity contribution in [3.05, 3.63) is 86.9 Å². The first-order valence-corrected chi connectivity index (χ1v) is 12.1. The summed E-state index contributed by atoms with van der Waals surface area (Å²) in [5.74, 6) is 0.838. The summed E-state index contributed by atoms with van der Waals surface area (Å²) in [5, 5.41) is 5.41. The number of nitrogens with zero attached hydrogens (tertiary/aromatic N) is 2. The third-order valence-corrected chi connectivity index (χ3v) is 7.00. The quantitative estimate of drug-likeness (QED) is 0.410. The molecule has 1 aliphatic heterocycles. The highest BCUT2D eigenvalue weighted by Crippen LogP contribution is 2.31. The highest BCUT2D eigenvalue weighted by atomic mass is 35.5. The van der Waals surface area contributed by atoms with E-state index in [1.807, 2.05) is 46.7 Å². The molecular weight excluding hydrogens is 458 g/mol. The summed E-state index contributed by atoms with van der Waals surface area (Å²) < 4.78 is 5.92. The van der Waals surface area contributed by atoms with Crippen LogP contribution in [-0.2, 0) is 6.54 Å². The van der Waals surface area contributed by atoms with E-state index in [1.165, 1.54) is 11.3 Å². The SMILES string of the molecule is O=C(NCc1ccc(C(=O)N2CCC(c3nc4cc(Cl)ccc4o3)CC2)cc1)c1cccs1. The highest BCUT2D eigenvalue weighted by molar-refractivity contribution is 7.12. The minimum Gasteiger partial charge on any atom is -0.440 e. The van der Waals surface area contributed by atoms with Gasteiger partial charge in [0.1, 0.15) is 5.52 Å². The van der Waals surface area contributed by atoms with Gasteiger partial charge in [-0.2, -0.15) is 0 Å². The molecule has 6 nitrogen and oxygen atoms in total. The third-order valence-electron chi connectivity index (χ3n) is 5.90. The van der Waals surface area contributed by atoms with Gasteiger partial charge in [0.15, 0.2) is 11.5 Å². The second-order valence-corrected chi connectivity index (χ2v) is 9.47. The van der Waals surface area contributed by atoms with Crippen LogP contribution in [0.15, 0.2) is 64.4 Å². The van der Waals surface area contributed by atoms with Gasteiger partial charge in [-0.15, -0.1) is 11.3 Å². The summed E-state index contributed by atoms with van der Waals surface area (Å²) >= 11 is 7.46. The van der Waals surface area contributed by atoms with Crippen LogP contribution in [0.2, 0.25) is 5.02 Å². The first-order chi connectivity index (χ1) is 16.1. The topological polar surface area (TPSA) is 75.4 Å². The second-order valence-electron chi connectivity index (χ2n) is 8.09. The van der Waals surface area contributed by atoms with Crippen LogP contribution in [0.1, 0.15) is 50.2 Å². The number of rotatable bonds is 5. The Morgan fingerprint density at radius 1 is 1.12 bits per heavy atom. The first-order valence-electron chi connectivity index (χ1n) is 10.8. The number of carbonyl (C=O) groups is 2. The predicted molar refractivity (Wildman–Crippen MR) is 129 cm³/mol. The number of aromatic nitrogens is 1. The minimum atomic E-state index is -0.0879. The molecule has 2 aromatic carbocycles. The molecule has 3 heterocycles. The van der Waals surface area contributed by atoms with Gasteiger partial charge in [0.25, 0.3) is 11.8 Å². The van der Waals surface area contributed by atoms with E-state index in [4.69, 9.17) is 16.0 Å². The number of fused-ring (bicyclic) bond motifs is 1. The van der Waals surface area contributed by atoms with Gasteiger partial charge in [-0.25, -0.2) is 4.98 Å². The van der Waals surface area contributed by atoms with Crippen molar-refractivity contribution in [2.75, 3.05) is 13.1 Å². The van der Waals surface area contributed by atoms with Crippen molar-refractivity contribution in [3.63, 3.8) is 0 Å². The molecule has 33 heavy (non-hydrogen) atoms. The van der Waals surface area contributed by atoms with Crippen molar-refractivity contribution in [1.29, 1.82) is 0 Å². The lowest BCUT2D eigenvalue weighted by Gasteiger charge is -2.30. The summed E-state index contributed by atoms with van der Waals surface area (Å²) in [5.41, 5.74) is 3.10. The van der Waals surface area contributed by atoms with Crippen molar-refractivity contribution in [2.45, 2.75) is 25.3 Å². The van der Waals surface area contributed by atoms with Gasteiger partial charge in [0.2, 0.25) is 0 Å². The smallest absolute Gasteiger partial charge is 0.261 e. The summed E-state index contributed by atoms with van der Waals surface area (Å²) in [6.07, 6.45) is 1.61. The van der Waals surface area contributed by atoms with E-state index >= 15 is 0 Å². The molecule has 5 rings (SSSR count). The second kappa shape index (κ2) is 9.37. The van der Waals surface area contributed by atoms with Crippen LogP contribution in [0, 0.1) is 0 Å². The molecule has 0 bridgehead atoms. The number of piperidine rings is 1. The Bertz CT molecular complexity index is 1280. The molecule has 168 valence electrons. The van der Waals surface area contributed by atoms with E-state index in [0.29, 0.717) is 41.0 Å². The number of oxazole rings is 1. The summed E-state index contributed by atoms with van der Waals surface area (Å²) in [6.45, 7) is 1.73. The van der Waals surface area contributed by atoms with Crippen LogP contribution >= 0.6 is 22.9 Å². The third kappa shape index (κ3) is 4.79. The fourth-order valence-corrected chi connectivity index (χ4v) is 4.85. The number of benzene rings is 2. The molecule has 0 aliphatic carbocycles. The zero-order valence-electron chi connectivity index (χ0n) is 17.8. The van der Waals surface area contributed by atoms with E-state index in [-0.39, 0.29) is 17.7 Å². The number of likely N-dealkylation sites (tertiary alicyclic amines) is 1. The summed E-state index contributed by atoms with van der Waals surface area (Å²) in [7, 11) is 0. The Balaban J connectivity index is 1.16. The zero-order valence-corrected chi connectivity index (χ0v) is 19.4. The molecular formula is C25H22ClN3O3S. The van der Waals surface area contributed by atoms with E-state index in [0.717, 1.165) is 29.5 Å². The van der Waals surface area contributed by atoms with E-state index < -0.39 is 0 Å². The lowest BCUT2D eigenvalue weighted by molar-refractivity contribution is 0.0706. The number of carbonyl (C=O) groups excluding carboxylic acids is 2. The molecule has 2 amide bonds. The maximum absolute atomic E-state index is 13.0. The number of hydrogen-bond donors (Lipinski definition) is 1. The van der Waals surface area contributed by atoms with Crippen molar-refractivity contribution < 1.29 is 14.0 Å². The van der Waals surface area contributed by atoms with Crippen LogP contribution < -0.4 is 5.32 Å². The van der Waals surface area contributed by atoms with Crippen molar-refractivity contribution in [3.8, 4) is 0 Å². The Morgan fingerprint density at radius 2 is 1.91 bits per heavy atom. The van der Waals surface area contributed by atoms with Crippen LogP contribution in [-0.4, -0.2) is 34.8 Å². The summed E-state index contributed by atoms with van der Waals surface area (Å²) in [4.78, 5) is 32.2. The van der Waals surface area contributed by atoms with Crippen LogP contribution in [0.5, 0.6) is 0 Å². The Labute approximate surface area is 200 Å². The van der Waals surface area contributed by atoms with Gasteiger partial charge in [-0.1, -0.05) is 29.8 Å². The highest BCUT2D eigenvalue weighted by Gasteiger charge is 2.27. The van der Waals surface area contributed by atoms with Gasteiger partial charge >= 0.3 is 0 Å². The fourth-order valence-electron chi connectivity index (χ4n) is 4.05. The fraction of sp³-hybridized carbons (Fsp3) is 0.240. The standard InChI is InChI=1S/C25H22ClN3O3S/c26-19-7-8-21-20(14-19)28-24(32-21)17-9-11-29(12-10-17)25(31)18-5-3-16(4-6-18)15-27-23(30)22-2-1-13-33-22/h1-8,13-14,17H,9-12,15H2,(H,27,30). The average Bonchev–Trinajstić information content (AvgIpc) is 3.53. The van der Waals surface area contributed by atoms with E-state index in [2.05, 4.69) is 10.3 Å². The van der Waals surface area contributed by atoms with Crippen molar-refractivity contribution >= 4 is 45.9 Å². The van der Waals surface area contributed by atoms with E-state index in [9.17, 15) is 9.59 Å². The average molecular weight is 480 g/mol. The van der Waals surface area contributed by atoms with Crippen molar-refractivity contribution in [2.24, 2.45) is 0 Å². The number of hydrogen-bond acceptors (Lipinski definition) is 5. The number of halogens is 1. The van der Waals surface area contributed by atoms with Gasteiger partial charge in [0.05, 0.1) is 4.88 Å². The minimum absolute atomic E-state index is 0.0203. The molecule has 8 heteroatoms. The normalized spacial score (nSPS) is 14.5. The van der Waals surface area contributed by atoms with Gasteiger partial charge in [0, 0.05) is 36.1 Å². The molecule has 4 aromatic rings. The Morgan fingerprint density at radius 3 is 2.64 bits per heavy atom. The summed E-state index contributed by atoms with van der Waals surface area (Å²) in [6, 6.07) is 16.5. The number of nitrogens with one attached hydrogen (secondary N) is 1. The van der Waals surface area contributed by atoms with Gasteiger partial charge in [-0.05, 0) is 60.2 Å². The molecule has 0 atom stereocenters. The molecule has 1 aliphatic rings. The maximum Gasteiger partial charge on any atom is 0.261 e. The zero-order chi connectivity index (χ0) is 22.8. The van der Waals surface area contributed by atoms with E-state index in [1.54, 1.807) is 18.2 Å². The largest absolute Gasteiger partial charge is 0.440 e. The van der Waals surface area contributed by atoms with Crippen LogP contribution in [0.25, 0.3) is 11.1 Å². The van der Waals surface area contributed by atoms with Crippen molar-refractivity contribution in [1.82, 2.24) is 15.2 Å². The maximum atomic E-state index is 13.0. The van der Waals surface area contributed by atoms with Crippen LogP contribution in [0.4, 0.5) is 0 Å². The molecule has 0 saturated carbocycles. The number of thiophene rings is 1. The molecule has 1 N–H and O–H groups in total. The monoisotopic (exact) mass is 479 g/mol. The van der Waals surface area contributed by atoms with Gasteiger partial charge < -0.3 is 14.6 Å².